The number of rotatable bonds is 11. The van der Waals surface area contributed by atoms with Gasteiger partial charge in [0.25, 0.3) is 5.24 Å². The summed E-state index contributed by atoms with van der Waals surface area (Å²) in [5.74, 6) is 0.586. The van der Waals surface area contributed by atoms with E-state index in [2.05, 4.69) is 10.6 Å². The van der Waals surface area contributed by atoms with Gasteiger partial charge in [-0.3, -0.25) is 14.4 Å². The summed E-state index contributed by atoms with van der Waals surface area (Å²) in [7, 11) is 0. The summed E-state index contributed by atoms with van der Waals surface area (Å²) in [6.45, 7) is 1.99. The molecule has 1 heterocycles. The summed E-state index contributed by atoms with van der Waals surface area (Å²) in [5.41, 5.74) is 5.70. The Morgan fingerprint density at radius 2 is 1.79 bits per heavy atom. The van der Waals surface area contributed by atoms with Crippen molar-refractivity contribution in [1.82, 2.24) is 5.32 Å². The smallest absolute Gasteiger partial charge is 0.276 e. The second kappa shape index (κ2) is 13.1. The van der Waals surface area contributed by atoms with Gasteiger partial charge in [0.15, 0.2) is 0 Å². The fourth-order valence-corrected chi connectivity index (χ4v) is 3.20. The quantitative estimate of drug-likeness (QED) is 0.471. The molecule has 1 aliphatic rings. The number of amides is 3. The predicted molar refractivity (Wildman–Crippen MR) is 113 cm³/mol. The molecule has 0 radical (unpaired) electrons. The average Bonchev–Trinajstić information content (AvgIpc) is 2.71. The van der Waals surface area contributed by atoms with Crippen LogP contribution in [0.15, 0.2) is 24.3 Å². The minimum absolute atomic E-state index is 0.0370. The highest BCUT2D eigenvalue weighted by atomic mass is 32.2. The molecule has 2 rings (SSSR count). The van der Waals surface area contributed by atoms with Crippen LogP contribution < -0.4 is 21.1 Å². The van der Waals surface area contributed by atoms with E-state index in [1.54, 1.807) is 0 Å². The third-order valence-electron chi connectivity index (χ3n) is 4.36. The van der Waals surface area contributed by atoms with Crippen LogP contribution in [0.3, 0.4) is 0 Å². The van der Waals surface area contributed by atoms with Gasteiger partial charge in [0, 0.05) is 31.5 Å². The molecule has 0 aliphatic carbocycles. The van der Waals surface area contributed by atoms with E-state index in [9.17, 15) is 14.4 Å². The topological polar surface area (TPSA) is 120 Å². The Kier molecular flexibility index (Phi) is 10.4. The van der Waals surface area contributed by atoms with E-state index in [0.29, 0.717) is 13.0 Å². The maximum Gasteiger partial charge on any atom is 0.276 e. The molecule has 0 saturated carbocycles. The SMILES string of the molecule is NC(=O)SCC(=O)NCCCCCC(=O)Nc1ccc(OC2CCOCC2)cc1. The number of benzene rings is 1. The largest absolute Gasteiger partial charge is 0.490 e. The molecule has 0 unspecified atom stereocenters. The Hall–Kier alpha value is -2.26. The first-order valence-electron chi connectivity index (χ1n) is 9.86. The van der Waals surface area contributed by atoms with Crippen molar-refractivity contribution < 1.29 is 23.9 Å². The number of nitrogens with one attached hydrogen (secondary N) is 2. The Balaban J connectivity index is 1.54. The van der Waals surface area contributed by atoms with E-state index >= 15 is 0 Å². The van der Waals surface area contributed by atoms with Crippen molar-refractivity contribution in [2.24, 2.45) is 5.73 Å². The van der Waals surface area contributed by atoms with E-state index < -0.39 is 5.24 Å². The Bertz CT molecular complexity index is 663. The molecule has 0 aromatic heterocycles. The van der Waals surface area contributed by atoms with Crippen LogP contribution in [-0.2, 0) is 14.3 Å². The molecule has 0 bridgehead atoms. The van der Waals surface area contributed by atoms with E-state index in [1.165, 1.54) is 0 Å². The van der Waals surface area contributed by atoms with Gasteiger partial charge >= 0.3 is 0 Å². The van der Waals surface area contributed by atoms with Crippen LogP contribution in [-0.4, -0.2) is 48.7 Å². The third kappa shape index (κ3) is 10.2. The number of hydrogen-bond donors (Lipinski definition) is 3. The number of carbonyl (C=O) groups excluding carboxylic acids is 3. The molecular formula is C20H29N3O5S. The van der Waals surface area contributed by atoms with Crippen LogP contribution in [0.2, 0.25) is 0 Å². The molecule has 1 aromatic carbocycles. The molecule has 9 heteroatoms. The van der Waals surface area contributed by atoms with Crippen molar-refractivity contribution in [2.45, 2.75) is 44.6 Å². The fourth-order valence-electron chi connectivity index (χ4n) is 2.83. The van der Waals surface area contributed by atoms with Crippen LogP contribution in [0.25, 0.3) is 0 Å². The van der Waals surface area contributed by atoms with Crippen LogP contribution in [0.5, 0.6) is 5.75 Å². The van der Waals surface area contributed by atoms with E-state index in [-0.39, 0.29) is 23.7 Å². The second-order valence-corrected chi connectivity index (χ2v) is 7.75. The zero-order valence-corrected chi connectivity index (χ0v) is 17.3. The van der Waals surface area contributed by atoms with Gasteiger partial charge in [-0.1, -0.05) is 18.2 Å². The molecule has 1 saturated heterocycles. The van der Waals surface area contributed by atoms with Gasteiger partial charge in [-0.2, -0.15) is 0 Å². The van der Waals surface area contributed by atoms with Gasteiger partial charge in [0.2, 0.25) is 11.8 Å². The first kappa shape index (κ1) is 23.0. The van der Waals surface area contributed by atoms with Crippen LogP contribution >= 0.6 is 11.8 Å². The maximum absolute atomic E-state index is 12.0. The van der Waals surface area contributed by atoms with Crippen LogP contribution in [0, 0.1) is 0 Å². The molecular weight excluding hydrogens is 394 g/mol. The number of hydrogen-bond acceptors (Lipinski definition) is 6. The second-order valence-electron chi connectivity index (χ2n) is 6.77. The molecule has 0 spiro atoms. The number of nitrogens with two attached hydrogens (primary N) is 1. The van der Waals surface area contributed by atoms with E-state index in [4.69, 9.17) is 15.2 Å². The lowest BCUT2D eigenvalue weighted by Gasteiger charge is -2.23. The lowest BCUT2D eigenvalue weighted by molar-refractivity contribution is -0.118. The number of unbranched alkanes of at least 4 members (excludes halogenated alkanes) is 2. The summed E-state index contributed by atoms with van der Waals surface area (Å²) in [6.07, 6.45) is 4.75. The Morgan fingerprint density at radius 1 is 1.07 bits per heavy atom. The minimum Gasteiger partial charge on any atom is -0.490 e. The van der Waals surface area contributed by atoms with Crippen molar-refractivity contribution >= 4 is 34.5 Å². The first-order chi connectivity index (χ1) is 14.0. The van der Waals surface area contributed by atoms with E-state index in [1.807, 2.05) is 24.3 Å². The normalized spacial score (nSPS) is 14.2. The Morgan fingerprint density at radius 3 is 2.48 bits per heavy atom. The maximum atomic E-state index is 12.0. The molecule has 29 heavy (non-hydrogen) atoms. The molecule has 4 N–H and O–H groups in total. The zero-order chi connectivity index (χ0) is 20.9. The molecule has 1 aliphatic heterocycles. The molecule has 160 valence electrons. The fraction of sp³-hybridized carbons (Fsp3) is 0.550. The van der Waals surface area contributed by atoms with Crippen molar-refractivity contribution in [3.63, 3.8) is 0 Å². The monoisotopic (exact) mass is 423 g/mol. The lowest BCUT2D eigenvalue weighted by Crippen LogP contribution is -2.27. The third-order valence-corrected chi connectivity index (χ3v) is 5.05. The number of anilines is 1. The highest BCUT2D eigenvalue weighted by molar-refractivity contribution is 8.14. The summed E-state index contributed by atoms with van der Waals surface area (Å²) in [5, 5.41) is 5.03. The van der Waals surface area contributed by atoms with Gasteiger partial charge < -0.3 is 25.8 Å². The number of carbonyl (C=O) groups is 3. The highest BCUT2D eigenvalue weighted by Gasteiger charge is 2.15. The number of primary amides is 1. The molecule has 1 aromatic rings. The summed E-state index contributed by atoms with van der Waals surface area (Å²) in [4.78, 5) is 34.0. The van der Waals surface area contributed by atoms with Crippen LogP contribution in [0.1, 0.15) is 38.5 Å². The summed E-state index contributed by atoms with van der Waals surface area (Å²) < 4.78 is 11.2. The molecule has 1 fully saturated rings. The van der Waals surface area contributed by atoms with Gasteiger partial charge in [-0.05, 0) is 37.1 Å². The molecule has 3 amide bonds. The standard InChI is InChI=1S/C20H29N3O5S/c21-20(26)29-14-19(25)22-11-3-1-2-4-18(24)23-15-5-7-16(8-6-15)28-17-9-12-27-13-10-17/h5-8,17H,1-4,9-14H2,(H2,21,26)(H,22,25)(H,23,24). The lowest BCUT2D eigenvalue weighted by atomic mass is 10.1. The number of thioether (sulfide) groups is 1. The first-order valence-corrected chi connectivity index (χ1v) is 10.8. The summed E-state index contributed by atoms with van der Waals surface area (Å²) in [6, 6.07) is 7.41. The van der Waals surface area contributed by atoms with Gasteiger partial charge in [0.1, 0.15) is 11.9 Å². The average molecular weight is 424 g/mol. The van der Waals surface area contributed by atoms with Gasteiger partial charge in [0.05, 0.1) is 19.0 Å². The van der Waals surface area contributed by atoms with Crippen molar-refractivity contribution in [1.29, 1.82) is 0 Å². The van der Waals surface area contributed by atoms with Gasteiger partial charge in [-0.15, -0.1) is 0 Å². The van der Waals surface area contributed by atoms with Crippen molar-refractivity contribution in [2.75, 3.05) is 30.8 Å². The highest BCUT2D eigenvalue weighted by Crippen LogP contribution is 2.20. The van der Waals surface area contributed by atoms with Gasteiger partial charge in [-0.25, -0.2) is 0 Å². The summed E-state index contributed by atoms with van der Waals surface area (Å²) >= 11 is 0.783. The van der Waals surface area contributed by atoms with E-state index in [0.717, 1.165) is 68.5 Å². The molecule has 0 atom stereocenters. The van der Waals surface area contributed by atoms with Crippen LogP contribution in [0.4, 0.5) is 10.5 Å². The minimum atomic E-state index is -0.562. The number of ether oxygens (including phenoxy) is 2. The predicted octanol–water partition coefficient (Wildman–Crippen LogP) is 2.67. The molecule has 8 nitrogen and oxygen atoms in total. The van der Waals surface area contributed by atoms with Crippen molar-refractivity contribution in [3.05, 3.63) is 24.3 Å². The van der Waals surface area contributed by atoms with Crippen molar-refractivity contribution in [3.8, 4) is 5.75 Å². The zero-order valence-electron chi connectivity index (χ0n) is 16.5. The Labute approximate surface area is 175 Å².